The predicted octanol–water partition coefficient (Wildman–Crippen LogP) is 6.34. The molecule has 1 aliphatic heterocycles. The van der Waals surface area contributed by atoms with Crippen LogP contribution >= 0.6 is 11.6 Å². The Hall–Kier alpha value is -3.37. The molecule has 5 heteroatoms. The van der Waals surface area contributed by atoms with E-state index < -0.39 is 5.91 Å². The van der Waals surface area contributed by atoms with E-state index in [9.17, 15) is 9.59 Å². The Morgan fingerprint density at radius 1 is 0.844 bits per heavy atom. The first-order valence-electron chi connectivity index (χ1n) is 10.5. The highest BCUT2D eigenvalue weighted by Gasteiger charge is 2.40. The Labute approximate surface area is 193 Å². The lowest BCUT2D eigenvalue weighted by Gasteiger charge is -2.20. The fourth-order valence-electron chi connectivity index (χ4n) is 3.76. The van der Waals surface area contributed by atoms with Crippen LogP contribution in [-0.4, -0.2) is 11.8 Å². The van der Waals surface area contributed by atoms with Crippen LogP contribution in [0.3, 0.4) is 0 Å². The number of anilines is 2. The zero-order chi connectivity index (χ0) is 23.0. The second kappa shape index (κ2) is 8.29. The lowest BCUT2D eigenvalue weighted by molar-refractivity contribution is -0.120. The van der Waals surface area contributed by atoms with E-state index in [0.717, 1.165) is 11.3 Å². The van der Waals surface area contributed by atoms with Gasteiger partial charge in [-0.25, -0.2) is 4.90 Å². The number of benzene rings is 3. The van der Waals surface area contributed by atoms with Crippen molar-refractivity contribution >= 4 is 40.4 Å². The van der Waals surface area contributed by atoms with Gasteiger partial charge >= 0.3 is 0 Å². The molecule has 0 saturated heterocycles. The lowest BCUT2D eigenvalue weighted by atomic mass is 9.87. The molecule has 3 aromatic carbocycles. The summed E-state index contributed by atoms with van der Waals surface area (Å²) in [5, 5.41) is 3.68. The largest absolute Gasteiger partial charge is 0.350 e. The van der Waals surface area contributed by atoms with Crippen molar-refractivity contribution < 1.29 is 9.59 Å². The molecular weight excluding hydrogens is 420 g/mol. The summed E-state index contributed by atoms with van der Waals surface area (Å²) in [7, 11) is 0. The van der Waals surface area contributed by atoms with Crippen molar-refractivity contribution in [1.82, 2.24) is 0 Å². The van der Waals surface area contributed by atoms with Crippen molar-refractivity contribution in [3.8, 4) is 0 Å². The number of carbonyl (C=O) groups is 2. The summed E-state index contributed by atoms with van der Waals surface area (Å²) in [5.74, 6) is -0.778. The molecule has 1 N–H and O–H groups in total. The number of amides is 2. The van der Waals surface area contributed by atoms with E-state index in [0.29, 0.717) is 21.8 Å². The molecule has 1 heterocycles. The van der Waals surface area contributed by atoms with E-state index in [2.05, 4.69) is 26.1 Å². The van der Waals surface area contributed by atoms with Crippen molar-refractivity contribution in [2.75, 3.05) is 10.2 Å². The number of halogens is 1. The summed E-state index contributed by atoms with van der Waals surface area (Å²) in [6, 6.07) is 22.4. The second-order valence-corrected chi connectivity index (χ2v) is 9.38. The molecule has 0 atom stereocenters. The molecule has 4 rings (SSSR count). The van der Waals surface area contributed by atoms with E-state index in [1.165, 1.54) is 10.5 Å². The van der Waals surface area contributed by atoms with Crippen LogP contribution in [0.25, 0.3) is 5.57 Å². The van der Waals surface area contributed by atoms with Gasteiger partial charge in [0, 0.05) is 10.7 Å². The van der Waals surface area contributed by atoms with Gasteiger partial charge in [0.1, 0.15) is 5.70 Å². The van der Waals surface area contributed by atoms with Gasteiger partial charge in [0.25, 0.3) is 11.8 Å². The zero-order valence-electron chi connectivity index (χ0n) is 18.6. The van der Waals surface area contributed by atoms with E-state index in [4.69, 9.17) is 11.6 Å². The maximum atomic E-state index is 13.5. The summed E-state index contributed by atoms with van der Waals surface area (Å²) in [5.41, 5.74) is 4.51. The van der Waals surface area contributed by atoms with Gasteiger partial charge in [0.05, 0.1) is 11.3 Å². The number of nitrogens with one attached hydrogen (secondary N) is 1. The summed E-state index contributed by atoms with van der Waals surface area (Å²) in [4.78, 5) is 28.3. The molecule has 0 spiro atoms. The fraction of sp³-hybridized carbons (Fsp3) is 0.185. The quantitative estimate of drug-likeness (QED) is 0.477. The minimum Gasteiger partial charge on any atom is -0.350 e. The topological polar surface area (TPSA) is 49.4 Å². The minimum absolute atomic E-state index is 0.0209. The molecule has 0 radical (unpaired) electrons. The third kappa shape index (κ3) is 4.06. The first kappa shape index (κ1) is 21.8. The number of hydrogen-bond donors (Lipinski definition) is 1. The highest BCUT2D eigenvalue weighted by atomic mass is 35.5. The Balaban J connectivity index is 1.79. The normalized spacial score (nSPS) is 14.3. The van der Waals surface area contributed by atoms with E-state index >= 15 is 0 Å². The van der Waals surface area contributed by atoms with E-state index in [1.54, 1.807) is 18.2 Å². The van der Waals surface area contributed by atoms with Gasteiger partial charge in [-0.05, 0) is 53.3 Å². The van der Waals surface area contributed by atoms with E-state index in [-0.39, 0.29) is 17.0 Å². The average Bonchev–Trinajstić information content (AvgIpc) is 3.00. The van der Waals surface area contributed by atoms with Crippen LogP contribution in [0.15, 0.2) is 78.5 Å². The molecule has 2 amide bonds. The Morgan fingerprint density at radius 3 is 2.12 bits per heavy atom. The Morgan fingerprint density at radius 2 is 1.50 bits per heavy atom. The second-order valence-electron chi connectivity index (χ2n) is 8.94. The highest BCUT2D eigenvalue weighted by molar-refractivity contribution is 6.46. The molecule has 32 heavy (non-hydrogen) atoms. The third-order valence-corrected chi connectivity index (χ3v) is 5.81. The Kier molecular flexibility index (Phi) is 5.66. The van der Waals surface area contributed by atoms with Crippen LogP contribution < -0.4 is 10.2 Å². The fourth-order valence-corrected chi connectivity index (χ4v) is 3.92. The lowest BCUT2D eigenvalue weighted by Crippen LogP contribution is -2.33. The molecule has 4 nitrogen and oxygen atoms in total. The molecule has 0 aliphatic carbocycles. The van der Waals surface area contributed by atoms with E-state index in [1.807, 2.05) is 61.5 Å². The number of carbonyl (C=O) groups excluding carboxylic acids is 2. The first-order chi connectivity index (χ1) is 15.2. The standard InChI is InChI=1S/C27H25ClN2O2/c1-17-10-13-20(28)16-22(17)30-25(31)23(18-8-6-5-7-9-18)24(26(30)32)29-21-14-11-19(12-15-21)27(2,3)4/h5-16,29H,1-4H3. The van der Waals surface area contributed by atoms with Crippen molar-refractivity contribution in [3.63, 3.8) is 0 Å². The van der Waals surface area contributed by atoms with Crippen LogP contribution in [0.2, 0.25) is 5.02 Å². The number of imide groups is 1. The molecule has 0 saturated carbocycles. The number of aryl methyl sites for hydroxylation is 1. The summed E-state index contributed by atoms with van der Waals surface area (Å²) >= 11 is 6.18. The van der Waals surface area contributed by atoms with Crippen LogP contribution in [0.5, 0.6) is 0 Å². The minimum atomic E-state index is -0.404. The van der Waals surface area contributed by atoms with Gasteiger partial charge in [-0.15, -0.1) is 0 Å². The van der Waals surface area contributed by atoms with Gasteiger partial charge in [-0.2, -0.15) is 0 Å². The van der Waals surface area contributed by atoms with Crippen LogP contribution in [-0.2, 0) is 15.0 Å². The number of nitrogens with zero attached hydrogens (tertiary/aromatic N) is 1. The number of rotatable bonds is 4. The smallest absolute Gasteiger partial charge is 0.282 e. The van der Waals surface area contributed by atoms with Gasteiger partial charge in [0.2, 0.25) is 0 Å². The third-order valence-electron chi connectivity index (χ3n) is 5.58. The van der Waals surface area contributed by atoms with Crippen molar-refractivity contribution in [1.29, 1.82) is 0 Å². The molecule has 3 aromatic rings. The monoisotopic (exact) mass is 444 g/mol. The van der Waals surface area contributed by atoms with Crippen molar-refractivity contribution in [2.24, 2.45) is 0 Å². The predicted molar refractivity (Wildman–Crippen MR) is 131 cm³/mol. The molecule has 0 fully saturated rings. The maximum Gasteiger partial charge on any atom is 0.282 e. The SMILES string of the molecule is Cc1ccc(Cl)cc1N1C(=O)C(Nc2ccc(C(C)(C)C)cc2)=C(c2ccccc2)C1=O. The zero-order valence-corrected chi connectivity index (χ0v) is 19.3. The molecule has 0 bridgehead atoms. The van der Waals surface area contributed by atoms with Gasteiger partial charge in [0.15, 0.2) is 0 Å². The summed E-state index contributed by atoms with van der Waals surface area (Å²) in [6.45, 7) is 8.30. The van der Waals surface area contributed by atoms with Crippen LogP contribution in [0, 0.1) is 6.92 Å². The molecular formula is C27H25ClN2O2. The first-order valence-corrected chi connectivity index (χ1v) is 10.9. The summed E-state index contributed by atoms with van der Waals surface area (Å²) < 4.78 is 0. The van der Waals surface area contributed by atoms with Gasteiger partial charge in [-0.3, -0.25) is 9.59 Å². The molecule has 0 aromatic heterocycles. The van der Waals surface area contributed by atoms with Crippen LogP contribution in [0.4, 0.5) is 11.4 Å². The van der Waals surface area contributed by atoms with Gasteiger partial charge in [-0.1, -0.05) is 80.9 Å². The maximum absolute atomic E-state index is 13.5. The van der Waals surface area contributed by atoms with Crippen molar-refractivity contribution in [2.45, 2.75) is 33.1 Å². The molecule has 162 valence electrons. The summed E-state index contributed by atoms with van der Waals surface area (Å²) in [6.07, 6.45) is 0. The van der Waals surface area contributed by atoms with Gasteiger partial charge < -0.3 is 5.32 Å². The highest BCUT2D eigenvalue weighted by Crippen LogP contribution is 2.36. The van der Waals surface area contributed by atoms with Crippen molar-refractivity contribution in [3.05, 3.63) is 100 Å². The molecule has 0 unspecified atom stereocenters. The Bertz CT molecular complexity index is 1220. The molecule has 1 aliphatic rings. The average molecular weight is 445 g/mol. The number of hydrogen-bond acceptors (Lipinski definition) is 3. The van der Waals surface area contributed by atoms with Crippen LogP contribution in [0.1, 0.15) is 37.5 Å².